The predicted molar refractivity (Wildman–Crippen MR) is 72.8 cm³/mol. The molecule has 0 spiro atoms. The van der Waals surface area contributed by atoms with E-state index >= 15 is 0 Å². The van der Waals surface area contributed by atoms with Gasteiger partial charge in [-0.3, -0.25) is 0 Å². The predicted octanol–water partition coefficient (Wildman–Crippen LogP) is 4.71. The van der Waals surface area contributed by atoms with Crippen molar-refractivity contribution in [3.8, 4) is 6.07 Å². The Morgan fingerprint density at radius 1 is 1.12 bits per heavy atom. The zero-order valence-electron chi connectivity index (χ0n) is 11.1. The summed E-state index contributed by atoms with van der Waals surface area (Å²) in [6.45, 7) is 4.56. The van der Waals surface area contributed by atoms with E-state index < -0.39 is 0 Å². The smallest absolute Gasteiger partial charge is 0.0991 e. The van der Waals surface area contributed by atoms with Gasteiger partial charge in [-0.25, -0.2) is 0 Å². The second-order valence-corrected chi connectivity index (χ2v) is 4.76. The van der Waals surface area contributed by atoms with Crippen LogP contribution in [-0.2, 0) is 6.42 Å². The first-order chi connectivity index (χ1) is 8.30. The van der Waals surface area contributed by atoms with Crippen LogP contribution in [0.2, 0.25) is 0 Å². The van der Waals surface area contributed by atoms with Crippen molar-refractivity contribution in [3.63, 3.8) is 0 Å². The van der Waals surface area contributed by atoms with Crippen molar-refractivity contribution in [2.24, 2.45) is 5.92 Å². The molecule has 1 aromatic rings. The standard InChI is InChI=1S/C16H23N/c1-3-6-14(4-2)7-5-8-15-9-11-16(13-17)12-10-15/h9-12,14H,3-8H2,1-2H3. The van der Waals surface area contributed by atoms with Crippen LogP contribution in [0.1, 0.15) is 57.1 Å². The summed E-state index contributed by atoms with van der Waals surface area (Å²) in [5.74, 6) is 0.901. The molecule has 0 aliphatic heterocycles. The van der Waals surface area contributed by atoms with Crippen LogP contribution in [0.3, 0.4) is 0 Å². The molecule has 1 heteroatoms. The SMILES string of the molecule is CCCC(CC)CCCc1ccc(C#N)cc1. The maximum atomic E-state index is 8.72. The monoisotopic (exact) mass is 229 g/mol. The van der Waals surface area contributed by atoms with E-state index in [-0.39, 0.29) is 0 Å². The van der Waals surface area contributed by atoms with Crippen molar-refractivity contribution in [1.82, 2.24) is 0 Å². The lowest BCUT2D eigenvalue weighted by atomic mass is 9.93. The number of hydrogen-bond donors (Lipinski definition) is 0. The summed E-state index contributed by atoms with van der Waals surface area (Å²) >= 11 is 0. The Balaban J connectivity index is 2.32. The molecule has 0 radical (unpaired) electrons. The highest BCUT2D eigenvalue weighted by Crippen LogP contribution is 2.18. The fraction of sp³-hybridized carbons (Fsp3) is 0.562. The van der Waals surface area contributed by atoms with E-state index in [0.717, 1.165) is 17.9 Å². The summed E-state index contributed by atoms with van der Waals surface area (Å²) < 4.78 is 0. The van der Waals surface area contributed by atoms with Crippen molar-refractivity contribution in [3.05, 3.63) is 35.4 Å². The van der Waals surface area contributed by atoms with Crippen LogP contribution in [0.5, 0.6) is 0 Å². The Hall–Kier alpha value is -1.29. The minimum atomic E-state index is 0.756. The van der Waals surface area contributed by atoms with E-state index in [0.29, 0.717) is 0 Å². The second kappa shape index (κ2) is 7.90. The molecule has 1 nitrogen and oxygen atoms in total. The van der Waals surface area contributed by atoms with Gasteiger partial charge in [0.1, 0.15) is 0 Å². The molecule has 1 rings (SSSR count). The number of nitrogens with zero attached hydrogens (tertiary/aromatic N) is 1. The molecule has 92 valence electrons. The number of aryl methyl sites for hydroxylation is 1. The van der Waals surface area contributed by atoms with E-state index in [1.807, 2.05) is 12.1 Å². The normalized spacial score (nSPS) is 12.1. The maximum absolute atomic E-state index is 8.72. The topological polar surface area (TPSA) is 23.8 Å². The number of hydrogen-bond acceptors (Lipinski definition) is 1. The highest BCUT2D eigenvalue weighted by atomic mass is 14.2. The Bertz CT molecular complexity index is 345. The largest absolute Gasteiger partial charge is 0.192 e. The van der Waals surface area contributed by atoms with Gasteiger partial charge in [0, 0.05) is 0 Å². The van der Waals surface area contributed by atoms with Gasteiger partial charge in [0.15, 0.2) is 0 Å². The molecule has 0 bridgehead atoms. The first kappa shape index (κ1) is 13.8. The minimum Gasteiger partial charge on any atom is -0.192 e. The van der Waals surface area contributed by atoms with Crippen LogP contribution < -0.4 is 0 Å². The summed E-state index contributed by atoms with van der Waals surface area (Å²) in [4.78, 5) is 0. The summed E-state index contributed by atoms with van der Waals surface area (Å²) in [6, 6.07) is 10.2. The van der Waals surface area contributed by atoms with Gasteiger partial charge in [-0.05, 0) is 36.5 Å². The van der Waals surface area contributed by atoms with Gasteiger partial charge in [-0.15, -0.1) is 0 Å². The average molecular weight is 229 g/mol. The fourth-order valence-electron chi connectivity index (χ4n) is 2.30. The minimum absolute atomic E-state index is 0.756. The van der Waals surface area contributed by atoms with Crippen LogP contribution in [-0.4, -0.2) is 0 Å². The summed E-state index contributed by atoms with van der Waals surface area (Å²) in [5, 5.41) is 8.72. The number of rotatable bonds is 7. The van der Waals surface area contributed by atoms with Gasteiger partial charge >= 0.3 is 0 Å². The molecule has 0 N–H and O–H groups in total. The quantitative estimate of drug-likeness (QED) is 0.664. The summed E-state index contributed by atoms with van der Waals surface area (Å²) in [6.07, 6.45) is 7.72. The van der Waals surface area contributed by atoms with Gasteiger partial charge in [-0.2, -0.15) is 5.26 Å². The molecule has 0 saturated carbocycles. The van der Waals surface area contributed by atoms with Crippen LogP contribution in [0.25, 0.3) is 0 Å². The summed E-state index contributed by atoms with van der Waals surface area (Å²) in [5.41, 5.74) is 2.11. The maximum Gasteiger partial charge on any atom is 0.0991 e. The first-order valence-corrected chi connectivity index (χ1v) is 6.79. The Morgan fingerprint density at radius 2 is 1.82 bits per heavy atom. The van der Waals surface area contributed by atoms with Gasteiger partial charge in [0.25, 0.3) is 0 Å². The van der Waals surface area contributed by atoms with Crippen LogP contribution >= 0.6 is 0 Å². The zero-order valence-corrected chi connectivity index (χ0v) is 11.1. The Kier molecular flexibility index (Phi) is 6.40. The fourth-order valence-corrected chi connectivity index (χ4v) is 2.30. The van der Waals surface area contributed by atoms with E-state index in [1.165, 1.54) is 37.7 Å². The molecular formula is C16H23N. The molecule has 0 saturated heterocycles. The number of benzene rings is 1. The number of nitriles is 1. The molecule has 0 aliphatic carbocycles. The molecule has 0 aliphatic rings. The van der Waals surface area contributed by atoms with E-state index in [9.17, 15) is 0 Å². The van der Waals surface area contributed by atoms with E-state index in [2.05, 4.69) is 32.0 Å². The third-order valence-electron chi connectivity index (χ3n) is 3.44. The lowest BCUT2D eigenvalue weighted by Gasteiger charge is -2.13. The van der Waals surface area contributed by atoms with Crippen LogP contribution in [0.15, 0.2) is 24.3 Å². The third-order valence-corrected chi connectivity index (χ3v) is 3.44. The molecule has 0 amide bonds. The summed E-state index contributed by atoms with van der Waals surface area (Å²) in [7, 11) is 0. The van der Waals surface area contributed by atoms with Crippen molar-refractivity contribution >= 4 is 0 Å². The van der Waals surface area contributed by atoms with Crippen LogP contribution in [0.4, 0.5) is 0 Å². The molecular weight excluding hydrogens is 206 g/mol. The van der Waals surface area contributed by atoms with Crippen LogP contribution in [0, 0.1) is 17.2 Å². The first-order valence-electron chi connectivity index (χ1n) is 6.79. The van der Waals surface area contributed by atoms with Crippen molar-refractivity contribution in [2.45, 2.75) is 52.4 Å². The van der Waals surface area contributed by atoms with Crippen molar-refractivity contribution in [2.75, 3.05) is 0 Å². The zero-order chi connectivity index (χ0) is 12.5. The lowest BCUT2D eigenvalue weighted by Crippen LogP contribution is -1.99. The van der Waals surface area contributed by atoms with Crippen molar-refractivity contribution < 1.29 is 0 Å². The molecule has 17 heavy (non-hydrogen) atoms. The molecule has 1 unspecified atom stereocenters. The molecule has 0 fully saturated rings. The van der Waals surface area contributed by atoms with Gasteiger partial charge in [0.05, 0.1) is 11.6 Å². The van der Waals surface area contributed by atoms with Gasteiger partial charge < -0.3 is 0 Å². The molecule has 0 aromatic heterocycles. The molecule has 1 aromatic carbocycles. The Morgan fingerprint density at radius 3 is 2.35 bits per heavy atom. The molecule has 0 heterocycles. The Labute approximate surface area is 105 Å². The van der Waals surface area contributed by atoms with E-state index in [4.69, 9.17) is 5.26 Å². The highest BCUT2D eigenvalue weighted by molar-refractivity contribution is 5.31. The molecule has 1 atom stereocenters. The third kappa shape index (κ3) is 5.04. The van der Waals surface area contributed by atoms with Gasteiger partial charge in [0.2, 0.25) is 0 Å². The lowest BCUT2D eigenvalue weighted by molar-refractivity contribution is 0.419. The second-order valence-electron chi connectivity index (χ2n) is 4.76. The van der Waals surface area contributed by atoms with E-state index in [1.54, 1.807) is 0 Å². The average Bonchev–Trinajstić information content (AvgIpc) is 2.38. The highest BCUT2D eigenvalue weighted by Gasteiger charge is 2.04. The van der Waals surface area contributed by atoms with Gasteiger partial charge in [-0.1, -0.05) is 51.7 Å². The van der Waals surface area contributed by atoms with Crippen molar-refractivity contribution in [1.29, 1.82) is 5.26 Å².